The van der Waals surface area contributed by atoms with Gasteiger partial charge in [0.1, 0.15) is 0 Å². The number of halogens is 2. The van der Waals surface area contributed by atoms with E-state index in [4.69, 9.17) is 23.2 Å². The minimum Gasteiger partial charge on any atom is -0.355 e. The van der Waals surface area contributed by atoms with E-state index in [1.807, 2.05) is 55.5 Å². The van der Waals surface area contributed by atoms with Gasteiger partial charge in [-0.1, -0.05) is 42.3 Å². The molecule has 2 rings (SSSR count). The zero-order chi connectivity index (χ0) is 17.4. The summed E-state index contributed by atoms with van der Waals surface area (Å²) in [6.45, 7) is 2.71. The van der Waals surface area contributed by atoms with Crippen LogP contribution >= 0.6 is 35.0 Å². The van der Waals surface area contributed by atoms with Gasteiger partial charge in [0.05, 0.1) is 5.25 Å². The Balaban J connectivity index is 1.75. The normalized spacial score (nSPS) is 12.0. The third-order valence-electron chi connectivity index (χ3n) is 3.61. The Morgan fingerprint density at radius 1 is 1.04 bits per heavy atom. The first-order valence-electron chi connectivity index (χ1n) is 8.03. The van der Waals surface area contributed by atoms with Crippen LogP contribution in [-0.4, -0.2) is 17.7 Å². The van der Waals surface area contributed by atoms with E-state index in [0.29, 0.717) is 11.6 Å². The van der Waals surface area contributed by atoms with E-state index >= 15 is 0 Å². The molecule has 1 amide bonds. The van der Waals surface area contributed by atoms with Gasteiger partial charge in [0.2, 0.25) is 5.91 Å². The van der Waals surface area contributed by atoms with Crippen LogP contribution in [0, 0.1) is 0 Å². The molecule has 0 heterocycles. The summed E-state index contributed by atoms with van der Waals surface area (Å²) in [4.78, 5) is 13.4. The lowest BCUT2D eigenvalue weighted by atomic mass is 10.1. The van der Waals surface area contributed by atoms with Crippen molar-refractivity contribution in [1.29, 1.82) is 0 Å². The van der Waals surface area contributed by atoms with Gasteiger partial charge in [0, 0.05) is 21.5 Å². The third kappa shape index (κ3) is 6.39. The fraction of sp³-hybridized carbons (Fsp3) is 0.316. The lowest BCUT2D eigenvalue weighted by Crippen LogP contribution is -2.33. The van der Waals surface area contributed by atoms with E-state index in [9.17, 15) is 4.79 Å². The van der Waals surface area contributed by atoms with E-state index in [0.717, 1.165) is 29.2 Å². The number of rotatable bonds is 8. The summed E-state index contributed by atoms with van der Waals surface area (Å²) in [6, 6.07) is 15.4. The van der Waals surface area contributed by atoms with Gasteiger partial charge >= 0.3 is 0 Å². The number of benzene rings is 2. The predicted molar refractivity (Wildman–Crippen MR) is 104 cm³/mol. The molecular formula is C19H21Cl2NOS. The Kier molecular flexibility index (Phi) is 7.97. The van der Waals surface area contributed by atoms with Gasteiger partial charge in [0.25, 0.3) is 0 Å². The highest BCUT2D eigenvalue weighted by Gasteiger charge is 2.17. The van der Waals surface area contributed by atoms with Crippen molar-refractivity contribution in [3.8, 4) is 0 Å². The van der Waals surface area contributed by atoms with Crippen LogP contribution in [0.1, 0.15) is 25.3 Å². The number of carbonyl (C=O) groups excluding carboxylic acids is 1. The van der Waals surface area contributed by atoms with Gasteiger partial charge in [0.15, 0.2) is 0 Å². The van der Waals surface area contributed by atoms with Gasteiger partial charge in [-0.25, -0.2) is 0 Å². The number of hydrogen-bond acceptors (Lipinski definition) is 2. The van der Waals surface area contributed by atoms with E-state index < -0.39 is 0 Å². The summed E-state index contributed by atoms with van der Waals surface area (Å²) in [5.41, 5.74) is 1.23. The molecule has 0 unspecified atom stereocenters. The maximum absolute atomic E-state index is 12.3. The highest BCUT2D eigenvalue weighted by molar-refractivity contribution is 8.00. The molecule has 2 aromatic rings. The van der Waals surface area contributed by atoms with Gasteiger partial charge in [-0.3, -0.25) is 4.79 Å². The Morgan fingerprint density at radius 2 is 1.62 bits per heavy atom. The molecule has 1 N–H and O–H groups in total. The monoisotopic (exact) mass is 381 g/mol. The second kappa shape index (κ2) is 9.97. The summed E-state index contributed by atoms with van der Waals surface area (Å²) in [7, 11) is 0. The number of nitrogens with one attached hydrogen (secondary N) is 1. The first-order valence-corrected chi connectivity index (χ1v) is 9.66. The van der Waals surface area contributed by atoms with Crippen molar-refractivity contribution in [3.63, 3.8) is 0 Å². The number of carbonyl (C=O) groups is 1. The van der Waals surface area contributed by atoms with Crippen LogP contribution in [-0.2, 0) is 11.2 Å². The molecule has 0 saturated carbocycles. The van der Waals surface area contributed by atoms with Gasteiger partial charge < -0.3 is 5.32 Å². The maximum atomic E-state index is 12.3. The summed E-state index contributed by atoms with van der Waals surface area (Å²) in [5.74, 6) is 0.0913. The molecule has 5 heteroatoms. The van der Waals surface area contributed by atoms with Crippen molar-refractivity contribution in [2.45, 2.75) is 36.3 Å². The minimum atomic E-state index is -0.0818. The molecule has 0 aromatic heterocycles. The van der Waals surface area contributed by atoms with Crippen LogP contribution in [0.4, 0.5) is 0 Å². The first-order chi connectivity index (χ1) is 11.6. The van der Waals surface area contributed by atoms with Crippen LogP contribution in [0.5, 0.6) is 0 Å². The Labute approximate surface area is 157 Å². The van der Waals surface area contributed by atoms with Crippen molar-refractivity contribution < 1.29 is 4.79 Å². The molecular weight excluding hydrogens is 361 g/mol. The minimum absolute atomic E-state index is 0.0818. The quantitative estimate of drug-likeness (QED) is 0.475. The molecule has 1 atom stereocenters. The molecule has 0 saturated heterocycles. The van der Waals surface area contributed by atoms with Crippen molar-refractivity contribution >= 4 is 40.9 Å². The first kappa shape index (κ1) is 19.2. The van der Waals surface area contributed by atoms with E-state index in [1.54, 1.807) is 11.8 Å². The fourth-order valence-corrected chi connectivity index (χ4v) is 3.50. The number of aryl methyl sites for hydroxylation is 1. The Hall–Kier alpha value is -1.16. The SMILES string of the molecule is CC[C@@H](Sc1ccc(Cl)cc1)C(=O)NCCCc1ccc(Cl)cc1. The molecule has 24 heavy (non-hydrogen) atoms. The highest BCUT2D eigenvalue weighted by atomic mass is 35.5. The van der Waals surface area contributed by atoms with Gasteiger partial charge in [-0.05, 0) is 61.2 Å². The highest BCUT2D eigenvalue weighted by Crippen LogP contribution is 2.26. The molecule has 0 fully saturated rings. The average Bonchev–Trinajstić information content (AvgIpc) is 2.59. The smallest absolute Gasteiger partial charge is 0.233 e. The van der Waals surface area contributed by atoms with Crippen LogP contribution in [0.15, 0.2) is 53.4 Å². The zero-order valence-electron chi connectivity index (χ0n) is 13.6. The maximum Gasteiger partial charge on any atom is 0.233 e. The fourth-order valence-electron chi connectivity index (χ4n) is 2.27. The second-order valence-corrected chi connectivity index (χ2v) is 7.64. The topological polar surface area (TPSA) is 29.1 Å². The molecule has 2 nitrogen and oxygen atoms in total. The molecule has 0 aliphatic rings. The molecule has 0 bridgehead atoms. The molecule has 128 valence electrons. The standard InChI is InChI=1S/C19H21Cl2NOS/c1-2-18(24-17-11-9-16(21)10-12-17)19(23)22-13-3-4-14-5-7-15(20)8-6-14/h5-12,18H,2-4,13H2,1H3,(H,22,23)/t18-/m1/s1. The van der Waals surface area contributed by atoms with E-state index in [2.05, 4.69) is 5.32 Å². The van der Waals surface area contributed by atoms with Gasteiger partial charge in [-0.2, -0.15) is 0 Å². The lowest BCUT2D eigenvalue weighted by Gasteiger charge is -2.14. The van der Waals surface area contributed by atoms with Crippen molar-refractivity contribution in [2.75, 3.05) is 6.54 Å². The molecule has 0 radical (unpaired) electrons. The Morgan fingerprint density at radius 3 is 2.21 bits per heavy atom. The van der Waals surface area contributed by atoms with Crippen molar-refractivity contribution in [1.82, 2.24) is 5.32 Å². The number of thioether (sulfide) groups is 1. The predicted octanol–water partition coefficient (Wildman–Crippen LogP) is 5.61. The van der Waals surface area contributed by atoms with Crippen LogP contribution < -0.4 is 5.32 Å². The Bertz CT molecular complexity index is 643. The van der Waals surface area contributed by atoms with Crippen LogP contribution in [0.2, 0.25) is 10.0 Å². The largest absolute Gasteiger partial charge is 0.355 e. The summed E-state index contributed by atoms with van der Waals surface area (Å²) < 4.78 is 0. The molecule has 2 aromatic carbocycles. The van der Waals surface area contributed by atoms with Crippen LogP contribution in [0.3, 0.4) is 0 Å². The zero-order valence-corrected chi connectivity index (χ0v) is 15.9. The average molecular weight is 382 g/mol. The molecule has 0 spiro atoms. The third-order valence-corrected chi connectivity index (χ3v) is 5.49. The van der Waals surface area contributed by atoms with Crippen LogP contribution in [0.25, 0.3) is 0 Å². The van der Waals surface area contributed by atoms with Crippen molar-refractivity contribution in [2.24, 2.45) is 0 Å². The van der Waals surface area contributed by atoms with E-state index in [-0.39, 0.29) is 11.2 Å². The summed E-state index contributed by atoms with van der Waals surface area (Å²) >= 11 is 13.3. The molecule has 0 aliphatic heterocycles. The summed E-state index contributed by atoms with van der Waals surface area (Å²) in [6.07, 6.45) is 2.63. The lowest BCUT2D eigenvalue weighted by molar-refractivity contribution is -0.120. The van der Waals surface area contributed by atoms with E-state index in [1.165, 1.54) is 5.56 Å². The molecule has 0 aliphatic carbocycles. The summed E-state index contributed by atoms with van der Waals surface area (Å²) in [5, 5.41) is 4.41. The number of hydrogen-bond donors (Lipinski definition) is 1. The number of amides is 1. The van der Waals surface area contributed by atoms with Gasteiger partial charge in [-0.15, -0.1) is 11.8 Å². The van der Waals surface area contributed by atoms with Crippen molar-refractivity contribution in [3.05, 3.63) is 64.1 Å². The second-order valence-electron chi connectivity index (χ2n) is 5.49.